The summed E-state index contributed by atoms with van der Waals surface area (Å²) in [5.41, 5.74) is -0.279. The fraction of sp³-hybridized carbons (Fsp3) is 0.949. The molecule has 2 amide bonds. The van der Waals surface area contributed by atoms with Crippen LogP contribution in [0.25, 0.3) is 0 Å². The average molecular weight is 724 g/mol. The molecule has 0 aromatic carbocycles. The van der Waals surface area contributed by atoms with E-state index in [4.69, 9.17) is 14.2 Å². The van der Waals surface area contributed by atoms with Crippen LogP contribution in [0, 0.1) is 50.7 Å². The summed E-state index contributed by atoms with van der Waals surface area (Å²) in [6.07, 6.45) is 3.28. The maximum absolute atomic E-state index is 13.0. The first-order chi connectivity index (χ1) is 23.9. The first-order valence-corrected chi connectivity index (χ1v) is 19.9. The Hall–Kier alpha value is -1.79. The number of alkyl halides is 3. The Kier molecular flexibility index (Phi) is 8.41. The summed E-state index contributed by atoms with van der Waals surface area (Å²) in [5.74, 6) is 1.13. The summed E-state index contributed by atoms with van der Waals surface area (Å²) in [6.45, 7) is 14.4. The lowest BCUT2D eigenvalue weighted by Gasteiger charge is -2.63. The number of carbonyl (C=O) groups is 2. The highest BCUT2D eigenvalue weighted by Crippen LogP contribution is 2.89. The quantitative estimate of drug-likeness (QED) is 0.313. The molecule has 288 valence electrons. The van der Waals surface area contributed by atoms with Gasteiger partial charge in [-0.05, 0) is 104 Å². The summed E-state index contributed by atoms with van der Waals surface area (Å²) in [5, 5.41) is 15.3. The van der Waals surface area contributed by atoms with E-state index >= 15 is 0 Å². The first-order valence-electron chi connectivity index (χ1n) is 19.9. The van der Waals surface area contributed by atoms with E-state index in [9.17, 15) is 27.9 Å². The summed E-state index contributed by atoms with van der Waals surface area (Å²) in [4.78, 5) is 28.9. The van der Waals surface area contributed by atoms with Crippen LogP contribution >= 0.6 is 0 Å². The van der Waals surface area contributed by atoms with E-state index in [0.717, 1.165) is 77.3 Å². The molecule has 8 aliphatic rings. The van der Waals surface area contributed by atoms with Crippen LogP contribution in [0.15, 0.2) is 0 Å². The predicted octanol–water partition coefficient (Wildman–Crippen LogP) is 6.76. The van der Waals surface area contributed by atoms with Crippen molar-refractivity contribution < 1.29 is 42.1 Å². The van der Waals surface area contributed by atoms with E-state index in [0.29, 0.717) is 11.8 Å². The number of aliphatic hydroxyl groups is 1. The van der Waals surface area contributed by atoms with Gasteiger partial charge in [-0.15, -0.1) is 0 Å². The largest absolute Gasteiger partial charge is 0.446 e. The lowest BCUT2D eigenvalue weighted by atomic mass is 9.41. The third-order valence-corrected chi connectivity index (χ3v) is 16.7. The van der Waals surface area contributed by atoms with Crippen molar-refractivity contribution in [2.45, 2.75) is 148 Å². The van der Waals surface area contributed by atoms with Crippen LogP contribution < -0.4 is 5.32 Å². The molecule has 3 heterocycles. The van der Waals surface area contributed by atoms with E-state index in [-0.39, 0.29) is 88.6 Å². The van der Waals surface area contributed by atoms with Gasteiger partial charge in [-0.1, -0.05) is 41.5 Å². The molecule has 2 N–H and O–H groups in total. The van der Waals surface area contributed by atoms with Crippen molar-refractivity contribution in [3.8, 4) is 0 Å². The molecule has 0 radical (unpaired) electrons. The molecule has 5 saturated carbocycles. The molecule has 3 saturated heterocycles. The van der Waals surface area contributed by atoms with Crippen molar-refractivity contribution in [2.75, 3.05) is 32.7 Å². The highest BCUT2D eigenvalue weighted by atomic mass is 19.4. The zero-order valence-corrected chi connectivity index (χ0v) is 31.4. The Morgan fingerprint density at radius 2 is 1.65 bits per heavy atom. The molecule has 4 unspecified atom stereocenters. The Labute approximate surface area is 301 Å². The minimum Gasteiger partial charge on any atom is -0.446 e. The highest BCUT2D eigenvalue weighted by Gasteiger charge is 2.84. The number of amides is 2. The van der Waals surface area contributed by atoms with Crippen molar-refractivity contribution in [1.82, 2.24) is 15.1 Å². The zero-order valence-electron chi connectivity index (χ0n) is 31.4. The first kappa shape index (κ1) is 36.2. The number of hydrogen-bond donors (Lipinski definition) is 2. The molecule has 3 aliphatic heterocycles. The number of carbonyl (C=O) groups excluding carboxylic acids is 2. The lowest BCUT2D eigenvalue weighted by molar-refractivity contribution is -0.184. The van der Waals surface area contributed by atoms with Crippen LogP contribution in [0.5, 0.6) is 0 Å². The molecule has 5 aliphatic carbocycles. The fourth-order valence-corrected chi connectivity index (χ4v) is 13.9. The number of fused-ring (bicyclic) bond motifs is 4. The molecule has 0 aromatic rings. The van der Waals surface area contributed by atoms with Gasteiger partial charge in [0.25, 0.3) is 0 Å². The van der Waals surface area contributed by atoms with Gasteiger partial charge in [0, 0.05) is 37.0 Å². The third kappa shape index (κ3) is 5.24. The Morgan fingerprint density at radius 1 is 0.961 bits per heavy atom. The summed E-state index contributed by atoms with van der Waals surface area (Å²) >= 11 is 0. The van der Waals surface area contributed by atoms with Crippen LogP contribution in [-0.2, 0) is 14.2 Å². The van der Waals surface area contributed by atoms with E-state index in [1.807, 2.05) is 0 Å². The molecular formula is C39H60F3N3O6. The van der Waals surface area contributed by atoms with Gasteiger partial charge in [-0.25, -0.2) is 9.59 Å². The van der Waals surface area contributed by atoms with Gasteiger partial charge in [0.05, 0.1) is 30.9 Å². The second-order valence-electron chi connectivity index (χ2n) is 19.5. The van der Waals surface area contributed by atoms with Gasteiger partial charge in [-0.2, -0.15) is 13.2 Å². The second-order valence-corrected chi connectivity index (χ2v) is 19.5. The van der Waals surface area contributed by atoms with Crippen molar-refractivity contribution in [3.63, 3.8) is 0 Å². The number of halogens is 3. The normalized spacial score (nSPS) is 46.3. The van der Waals surface area contributed by atoms with Gasteiger partial charge in [0.15, 0.2) is 0 Å². The molecule has 12 heteroatoms. The maximum atomic E-state index is 13.0. The average Bonchev–Trinajstić information content (AvgIpc) is 3.63. The number of likely N-dealkylation sites (tertiary alicyclic amines) is 2. The van der Waals surface area contributed by atoms with Crippen molar-refractivity contribution in [2.24, 2.45) is 50.7 Å². The molecule has 0 aromatic heterocycles. The second kappa shape index (κ2) is 11.9. The molecule has 8 rings (SSSR count). The van der Waals surface area contributed by atoms with Crippen molar-refractivity contribution in [1.29, 1.82) is 0 Å². The minimum atomic E-state index is -4.24. The molecule has 8 fully saturated rings. The molecule has 51 heavy (non-hydrogen) atoms. The highest BCUT2D eigenvalue weighted by molar-refractivity contribution is 5.69. The standard InChI is InChI=1S/C39H60F3N3O6/c1-22(2)29(51-33(48)45-16-7-17-45)25-9-8-24-30(49-25)31(46)36(6)27-11-10-26-34(3,4)28(12-13-37(26)20-38(27,37)15-14-35(24,36)5)50-32(47)43-23-18-44(19-23)21-39(40,41)42/h22-31,46H,7-21H2,1-6H3,(H,43,47)/t24?,25?,26-,27?,28-,29+,30?,31-,35+,36+,37+,38-/m0/s1. The van der Waals surface area contributed by atoms with Crippen LogP contribution in [-0.4, -0.2) is 103 Å². The molecule has 0 bridgehead atoms. The Balaban J connectivity index is 0.949. The van der Waals surface area contributed by atoms with Crippen LogP contribution in [0.1, 0.15) is 106 Å². The monoisotopic (exact) mass is 723 g/mol. The molecular weight excluding hydrogens is 663 g/mol. The minimum absolute atomic E-state index is 0.0542. The maximum Gasteiger partial charge on any atom is 0.410 e. The number of hydrogen-bond acceptors (Lipinski definition) is 7. The van der Waals surface area contributed by atoms with Gasteiger partial charge in [0.1, 0.15) is 12.2 Å². The summed E-state index contributed by atoms with van der Waals surface area (Å²) in [6, 6.07) is -0.324. The molecule has 9 nitrogen and oxygen atoms in total. The number of nitrogens with one attached hydrogen (secondary N) is 1. The summed E-state index contributed by atoms with van der Waals surface area (Å²) < 4.78 is 57.3. The number of rotatable bonds is 6. The summed E-state index contributed by atoms with van der Waals surface area (Å²) in [7, 11) is 0. The van der Waals surface area contributed by atoms with Crippen LogP contribution in [0.4, 0.5) is 22.8 Å². The number of ether oxygens (including phenoxy) is 3. The van der Waals surface area contributed by atoms with Gasteiger partial charge in [-0.3, -0.25) is 4.90 Å². The number of aliphatic hydroxyl groups excluding tert-OH is 1. The molecule has 2 spiro atoms. The lowest BCUT2D eigenvalue weighted by Crippen LogP contribution is -2.62. The van der Waals surface area contributed by atoms with Gasteiger partial charge in [0.2, 0.25) is 0 Å². The van der Waals surface area contributed by atoms with E-state index in [1.54, 1.807) is 4.90 Å². The predicted molar refractivity (Wildman–Crippen MR) is 183 cm³/mol. The van der Waals surface area contributed by atoms with Crippen LogP contribution in [0.3, 0.4) is 0 Å². The zero-order chi connectivity index (χ0) is 36.5. The molecule has 12 atom stereocenters. The smallest absolute Gasteiger partial charge is 0.410 e. The number of alkyl carbamates (subject to hydrolysis) is 1. The fourth-order valence-electron chi connectivity index (χ4n) is 13.9. The Morgan fingerprint density at radius 3 is 2.29 bits per heavy atom. The SMILES string of the molecule is CC(C)[C@@H](OC(=O)N1CCC1)C1CCC2C(O1)[C@H](O)[C@@]1(C)C3CC[C@H]4C(C)(C)[C@@H](OC(=O)NC5CN(CC(F)(F)F)C5)CC[C@@]45C[C@@]35CC[C@]21C. The van der Waals surface area contributed by atoms with E-state index in [2.05, 4.69) is 46.9 Å². The van der Waals surface area contributed by atoms with Gasteiger partial charge < -0.3 is 29.5 Å². The topological polar surface area (TPSA) is 101 Å². The van der Waals surface area contributed by atoms with E-state index < -0.39 is 24.9 Å². The van der Waals surface area contributed by atoms with E-state index in [1.165, 1.54) is 4.90 Å². The Bertz CT molecular complexity index is 1400. The third-order valence-electron chi connectivity index (χ3n) is 16.7. The van der Waals surface area contributed by atoms with Crippen molar-refractivity contribution in [3.05, 3.63) is 0 Å². The van der Waals surface area contributed by atoms with Gasteiger partial charge >= 0.3 is 18.4 Å². The van der Waals surface area contributed by atoms with Crippen LogP contribution in [0.2, 0.25) is 0 Å². The van der Waals surface area contributed by atoms with Crippen molar-refractivity contribution >= 4 is 12.2 Å². The number of nitrogens with zero attached hydrogens (tertiary/aromatic N) is 2.